The molecule has 0 aliphatic carbocycles. The van der Waals surface area contributed by atoms with E-state index in [9.17, 15) is 4.79 Å². The van der Waals surface area contributed by atoms with E-state index in [4.69, 9.17) is 0 Å². The Hall–Kier alpha value is -1.56. The number of anilines is 1. The Morgan fingerprint density at radius 2 is 2.00 bits per heavy atom. The van der Waals surface area contributed by atoms with Crippen LogP contribution < -0.4 is 10.6 Å². The average Bonchev–Trinajstić information content (AvgIpc) is 2.99. The van der Waals surface area contributed by atoms with Gasteiger partial charge in [-0.3, -0.25) is 9.48 Å². The molecule has 7 heteroatoms. The Bertz CT molecular complexity index is 560. The lowest BCUT2D eigenvalue weighted by Crippen LogP contribution is -2.25. The Morgan fingerprint density at radius 3 is 2.64 bits per heavy atom. The van der Waals surface area contributed by atoms with Crippen molar-refractivity contribution in [2.45, 2.75) is 26.4 Å². The van der Waals surface area contributed by atoms with Gasteiger partial charge in [0, 0.05) is 24.6 Å². The standard InChI is InChI=1S/C15H20N4O.2ClH/c1-3-16-11-13-7-4-5-8-14(13)18-15(20)12(2)19-10-6-9-17-19;;/h4-10,12,16H,3,11H2,1-2H3,(H,18,20);2*1H. The number of hydrogen-bond donors (Lipinski definition) is 2. The van der Waals surface area contributed by atoms with Gasteiger partial charge >= 0.3 is 0 Å². The van der Waals surface area contributed by atoms with E-state index in [1.165, 1.54) is 0 Å². The second kappa shape index (κ2) is 10.2. The lowest BCUT2D eigenvalue weighted by Gasteiger charge is -2.15. The minimum atomic E-state index is -0.336. The van der Waals surface area contributed by atoms with Crippen LogP contribution in [0, 0.1) is 0 Å². The lowest BCUT2D eigenvalue weighted by atomic mass is 10.1. The number of para-hydroxylation sites is 1. The first-order valence-electron chi connectivity index (χ1n) is 6.81. The van der Waals surface area contributed by atoms with Crippen LogP contribution in [0.3, 0.4) is 0 Å². The molecule has 0 fully saturated rings. The summed E-state index contributed by atoms with van der Waals surface area (Å²) in [7, 11) is 0. The highest BCUT2D eigenvalue weighted by Gasteiger charge is 2.16. The first-order chi connectivity index (χ1) is 9.72. The zero-order chi connectivity index (χ0) is 14.4. The van der Waals surface area contributed by atoms with Gasteiger partial charge in [-0.05, 0) is 31.2 Å². The van der Waals surface area contributed by atoms with Gasteiger partial charge in [0.25, 0.3) is 0 Å². The first kappa shape index (κ1) is 20.4. The molecule has 0 saturated carbocycles. The molecule has 2 aromatic rings. The Kier molecular flexibility index (Phi) is 9.49. The molecule has 122 valence electrons. The number of nitrogens with zero attached hydrogens (tertiary/aromatic N) is 2. The summed E-state index contributed by atoms with van der Waals surface area (Å²) in [5.74, 6) is -0.0716. The molecule has 0 aliphatic heterocycles. The molecule has 1 aromatic heterocycles. The monoisotopic (exact) mass is 344 g/mol. The fourth-order valence-corrected chi connectivity index (χ4v) is 1.92. The quantitative estimate of drug-likeness (QED) is 0.846. The lowest BCUT2D eigenvalue weighted by molar-refractivity contribution is -0.119. The summed E-state index contributed by atoms with van der Waals surface area (Å²) in [6, 6.07) is 9.29. The van der Waals surface area contributed by atoms with Gasteiger partial charge in [-0.25, -0.2) is 0 Å². The van der Waals surface area contributed by atoms with E-state index in [1.54, 1.807) is 17.1 Å². The van der Waals surface area contributed by atoms with E-state index in [0.29, 0.717) is 0 Å². The third-order valence-corrected chi connectivity index (χ3v) is 3.14. The van der Waals surface area contributed by atoms with Crippen molar-refractivity contribution in [2.24, 2.45) is 0 Å². The van der Waals surface area contributed by atoms with Crippen LogP contribution in [-0.4, -0.2) is 22.2 Å². The number of carbonyl (C=O) groups excluding carboxylic acids is 1. The number of amides is 1. The maximum atomic E-state index is 12.2. The highest BCUT2D eigenvalue weighted by molar-refractivity contribution is 5.94. The summed E-state index contributed by atoms with van der Waals surface area (Å²) in [5, 5.41) is 10.3. The minimum Gasteiger partial charge on any atom is -0.324 e. The van der Waals surface area contributed by atoms with Gasteiger partial charge in [0.2, 0.25) is 5.91 Å². The van der Waals surface area contributed by atoms with Gasteiger partial charge in [0.1, 0.15) is 6.04 Å². The molecule has 1 atom stereocenters. The Labute approximate surface area is 143 Å². The Morgan fingerprint density at radius 1 is 1.27 bits per heavy atom. The summed E-state index contributed by atoms with van der Waals surface area (Å²) in [5.41, 5.74) is 1.92. The zero-order valence-electron chi connectivity index (χ0n) is 12.7. The summed E-state index contributed by atoms with van der Waals surface area (Å²) in [6.07, 6.45) is 3.46. The Balaban J connectivity index is 0.00000220. The van der Waals surface area contributed by atoms with Gasteiger partial charge in [-0.1, -0.05) is 25.1 Å². The molecule has 0 aliphatic rings. The smallest absolute Gasteiger partial charge is 0.248 e. The number of nitrogens with one attached hydrogen (secondary N) is 2. The molecular formula is C15H22Cl2N4O. The summed E-state index contributed by atoms with van der Waals surface area (Å²) < 4.78 is 1.64. The van der Waals surface area contributed by atoms with Crippen molar-refractivity contribution in [1.29, 1.82) is 0 Å². The second-order valence-electron chi connectivity index (χ2n) is 4.59. The summed E-state index contributed by atoms with van der Waals surface area (Å²) in [4.78, 5) is 12.2. The molecule has 1 aromatic carbocycles. The van der Waals surface area contributed by atoms with E-state index in [2.05, 4.69) is 22.7 Å². The van der Waals surface area contributed by atoms with Crippen molar-refractivity contribution in [2.75, 3.05) is 11.9 Å². The average molecular weight is 345 g/mol. The number of aromatic nitrogens is 2. The normalized spacial score (nSPS) is 11.0. The van der Waals surface area contributed by atoms with E-state index in [-0.39, 0.29) is 36.8 Å². The van der Waals surface area contributed by atoms with Crippen molar-refractivity contribution in [3.8, 4) is 0 Å². The molecule has 22 heavy (non-hydrogen) atoms. The number of benzene rings is 1. The van der Waals surface area contributed by atoms with Crippen LogP contribution in [0.15, 0.2) is 42.7 Å². The predicted molar refractivity (Wildman–Crippen MR) is 93.9 cm³/mol. The van der Waals surface area contributed by atoms with Crippen molar-refractivity contribution in [1.82, 2.24) is 15.1 Å². The van der Waals surface area contributed by atoms with Gasteiger partial charge < -0.3 is 10.6 Å². The van der Waals surface area contributed by atoms with E-state index < -0.39 is 0 Å². The highest BCUT2D eigenvalue weighted by atomic mass is 35.5. The van der Waals surface area contributed by atoms with Crippen LogP contribution in [0.5, 0.6) is 0 Å². The molecule has 1 unspecified atom stereocenters. The number of hydrogen-bond acceptors (Lipinski definition) is 3. The molecule has 2 rings (SSSR count). The van der Waals surface area contributed by atoms with Crippen LogP contribution in [0.4, 0.5) is 5.69 Å². The molecule has 1 heterocycles. The maximum absolute atomic E-state index is 12.2. The van der Waals surface area contributed by atoms with E-state index in [0.717, 1.165) is 24.3 Å². The van der Waals surface area contributed by atoms with Gasteiger partial charge in [0.15, 0.2) is 0 Å². The SMILES string of the molecule is CCNCc1ccccc1NC(=O)C(C)n1cccn1.Cl.Cl. The van der Waals surface area contributed by atoms with Crippen molar-refractivity contribution in [3.63, 3.8) is 0 Å². The largest absolute Gasteiger partial charge is 0.324 e. The highest BCUT2D eigenvalue weighted by Crippen LogP contribution is 2.16. The van der Waals surface area contributed by atoms with Crippen LogP contribution in [0.1, 0.15) is 25.5 Å². The van der Waals surface area contributed by atoms with Crippen LogP contribution in [0.25, 0.3) is 0 Å². The third-order valence-electron chi connectivity index (χ3n) is 3.14. The molecule has 1 amide bonds. The maximum Gasteiger partial charge on any atom is 0.248 e. The van der Waals surface area contributed by atoms with E-state index in [1.807, 2.05) is 37.3 Å². The van der Waals surface area contributed by atoms with Gasteiger partial charge in [-0.15, -0.1) is 24.8 Å². The number of halogens is 2. The summed E-state index contributed by atoms with van der Waals surface area (Å²) >= 11 is 0. The van der Waals surface area contributed by atoms with E-state index >= 15 is 0 Å². The number of rotatable bonds is 6. The molecule has 0 bridgehead atoms. The van der Waals surface area contributed by atoms with Gasteiger partial charge in [-0.2, -0.15) is 5.10 Å². The fourth-order valence-electron chi connectivity index (χ4n) is 1.92. The summed E-state index contributed by atoms with van der Waals surface area (Å²) in [6.45, 7) is 5.52. The molecule has 0 saturated heterocycles. The fraction of sp³-hybridized carbons (Fsp3) is 0.333. The molecule has 5 nitrogen and oxygen atoms in total. The van der Waals surface area contributed by atoms with Crippen LogP contribution >= 0.6 is 24.8 Å². The third kappa shape index (κ3) is 5.33. The van der Waals surface area contributed by atoms with Crippen molar-refractivity contribution < 1.29 is 4.79 Å². The molecule has 0 radical (unpaired) electrons. The topological polar surface area (TPSA) is 58.9 Å². The number of carbonyl (C=O) groups is 1. The van der Waals surface area contributed by atoms with Crippen molar-refractivity contribution in [3.05, 3.63) is 48.3 Å². The van der Waals surface area contributed by atoms with Crippen LogP contribution in [0.2, 0.25) is 0 Å². The molecule has 0 spiro atoms. The first-order valence-corrected chi connectivity index (χ1v) is 6.81. The molecule has 2 N–H and O–H groups in total. The van der Waals surface area contributed by atoms with Crippen molar-refractivity contribution >= 4 is 36.4 Å². The minimum absolute atomic E-state index is 0. The van der Waals surface area contributed by atoms with Gasteiger partial charge in [0.05, 0.1) is 0 Å². The molecular weight excluding hydrogens is 323 g/mol. The second-order valence-corrected chi connectivity index (χ2v) is 4.59. The van der Waals surface area contributed by atoms with Crippen LogP contribution in [-0.2, 0) is 11.3 Å². The zero-order valence-corrected chi connectivity index (χ0v) is 14.3. The predicted octanol–water partition coefficient (Wildman–Crippen LogP) is 3.04.